The van der Waals surface area contributed by atoms with Crippen LogP contribution in [0.4, 0.5) is 11.4 Å². The summed E-state index contributed by atoms with van der Waals surface area (Å²) in [5.41, 5.74) is 1.17. The van der Waals surface area contributed by atoms with Crippen LogP contribution in [0.5, 0.6) is 0 Å². The van der Waals surface area contributed by atoms with Gasteiger partial charge < -0.3 is 14.7 Å². The van der Waals surface area contributed by atoms with E-state index in [0.717, 1.165) is 6.42 Å². The average Bonchev–Trinajstić information content (AvgIpc) is 3.36. The number of amides is 2. The molecule has 1 N–H and O–H groups in total. The zero-order valence-electron chi connectivity index (χ0n) is 14.7. The smallest absolute Gasteiger partial charge is 0.335 e. The Morgan fingerprint density at radius 3 is 2.22 bits per heavy atom. The molecule has 0 aromatic heterocycles. The number of imide groups is 1. The summed E-state index contributed by atoms with van der Waals surface area (Å²) < 4.78 is 5.40. The van der Waals surface area contributed by atoms with Crippen LogP contribution in [-0.4, -0.2) is 49.2 Å². The zero-order chi connectivity index (χ0) is 18.7. The van der Waals surface area contributed by atoms with E-state index in [4.69, 9.17) is 4.74 Å². The first kappa shape index (κ1) is 16.5. The molecule has 0 spiro atoms. The van der Waals surface area contributed by atoms with Gasteiger partial charge in [-0.2, -0.15) is 0 Å². The number of allylic oxidation sites excluding steroid dienone is 2. The van der Waals surface area contributed by atoms with Crippen LogP contribution in [0.15, 0.2) is 30.4 Å². The van der Waals surface area contributed by atoms with Crippen LogP contribution >= 0.6 is 0 Å². The van der Waals surface area contributed by atoms with Crippen LogP contribution in [0, 0.1) is 23.7 Å². The maximum atomic E-state index is 13.2. The lowest BCUT2D eigenvalue weighted by Crippen LogP contribution is -2.39. The SMILES string of the molecule is O=C(O)c1ccc(N2CCOCC2)c(N2C(=O)[C@@H]3[C@@H](C2=O)[C@H]2C=C[C@H]3C2)c1. The summed E-state index contributed by atoms with van der Waals surface area (Å²) in [4.78, 5) is 41.2. The predicted molar refractivity (Wildman–Crippen MR) is 96.6 cm³/mol. The van der Waals surface area contributed by atoms with E-state index in [2.05, 4.69) is 12.2 Å². The number of morpholine rings is 1. The maximum absolute atomic E-state index is 13.2. The van der Waals surface area contributed by atoms with E-state index in [0.29, 0.717) is 37.7 Å². The zero-order valence-corrected chi connectivity index (χ0v) is 14.7. The summed E-state index contributed by atoms with van der Waals surface area (Å²) in [5, 5.41) is 9.41. The first-order valence-corrected chi connectivity index (χ1v) is 9.32. The van der Waals surface area contributed by atoms with Crippen molar-refractivity contribution in [1.29, 1.82) is 0 Å². The van der Waals surface area contributed by atoms with Gasteiger partial charge in [0.2, 0.25) is 11.8 Å². The predicted octanol–water partition coefficient (Wildman–Crippen LogP) is 1.53. The molecule has 0 radical (unpaired) electrons. The van der Waals surface area contributed by atoms with Gasteiger partial charge in [0.15, 0.2) is 0 Å². The monoisotopic (exact) mass is 368 g/mol. The highest BCUT2D eigenvalue weighted by Crippen LogP contribution is 2.54. The molecule has 1 saturated carbocycles. The van der Waals surface area contributed by atoms with Gasteiger partial charge in [-0.1, -0.05) is 12.2 Å². The fourth-order valence-electron chi connectivity index (χ4n) is 5.05. The first-order chi connectivity index (χ1) is 13.1. The van der Waals surface area contributed by atoms with Crippen LogP contribution in [-0.2, 0) is 14.3 Å². The molecule has 7 nitrogen and oxygen atoms in total. The number of nitrogens with zero attached hydrogens (tertiary/aromatic N) is 2. The number of rotatable bonds is 3. The number of carboxylic acid groups (broad SMARTS) is 1. The summed E-state index contributed by atoms with van der Waals surface area (Å²) in [6.45, 7) is 2.38. The third-order valence-corrected chi connectivity index (χ3v) is 6.29. The molecule has 5 rings (SSSR count). The molecule has 27 heavy (non-hydrogen) atoms. The number of hydrogen-bond donors (Lipinski definition) is 1. The number of fused-ring (bicyclic) bond motifs is 5. The molecule has 0 unspecified atom stereocenters. The van der Waals surface area contributed by atoms with Gasteiger partial charge in [0.05, 0.1) is 42.0 Å². The largest absolute Gasteiger partial charge is 0.478 e. The Morgan fingerprint density at radius 2 is 1.63 bits per heavy atom. The first-order valence-electron chi connectivity index (χ1n) is 9.32. The van der Waals surface area contributed by atoms with Gasteiger partial charge in [-0.15, -0.1) is 0 Å². The third-order valence-electron chi connectivity index (χ3n) is 6.29. The molecule has 4 aliphatic rings. The van der Waals surface area contributed by atoms with Crippen molar-refractivity contribution in [2.24, 2.45) is 23.7 Å². The van der Waals surface area contributed by atoms with Gasteiger partial charge in [0.25, 0.3) is 0 Å². The highest BCUT2D eigenvalue weighted by Gasteiger charge is 2.60. The highest BCUT2D eigenvalue weighted by atomic mass is 16.5. The molecular weight excluding hydrogens is 348 g/mol. The Bertz CT molecular complexity index is 843. The van der Waals surface area contributed by atoms with E-state index in [9.17, 15) is 19.5 Å². The van der Waals surface area contributed by atoms with Gasteiger partial charge >= 0.3 is 5.97 Å². The second-order valence-corrected chi connectivity index (χ2v) is 7.62. The minimum Gasteiger partial charge on any atom is -0.478 e. The third kappa shape index (κ3) is 2.34. The lowest BCUT2D eigenvalue weighted by atomic mass is 9.85. The number of carbonyl (C=O) groups excluding carboxylic acids is 2. The van der Waals surface area contributed by atoms with Crippen molar-refractivity contribution in [3.8, 4) is 0 Å². The van der Waals surface area contributed by atoms with Gasteiger partial charge in [-0.05, 0) is 36.5 Å². The molecule has 1 aromatic rings. The summed E-state index contributed by atoms with van der Waals surface area (Å²) in [5.74, 6) is -1.84. The number of carboxylic acids is 1. The fraction of sp³-hybridized carbons (Fsp3) is 0.450. The molecule has 2 aliphatic heterocycles. The second kappa shape index (κ2) is 5.92. The lowest BCUT2D eigenvalue weighted by Gasteiger charge is -2.32. The summed E-state index contributed by atoms with van der Waals surface area (Å²) in [6.07, 6.45) is 4.97. The Hall–Kier alpha value is -2.67. The number of hydrogen-bond acceptors (Lipinski definition) is 5. The van der Waals surface area contributed by atoms with E-state index in [-0.39, 0.29) is 41.0 Å². The van der Waals surface area contributed by atoms with Crippen LogP contribution in [0.3, 0.4) is 0 Å². The normalized spacial score (nSPS) is 31.7. The molecular formula is C20H20N2O5. The van der Waals surface area contributed by atoms with Crippen LogP contribution in [0.25, 0.3) is 0 Å². The van der Waals surface area contributed by atoms with Crippen molar-refractivity contribution in [2.75, 3.05) is 36.1 Å². The van der Waals surface area contributed by atoms with E-state index in [1.54, 1.807) is 6.07 Å². The number of aromatic carboxylic acids is 1. The average molecular weight is 368 g/mol. The number of ether oxygens (including phenoxy) is 1. The Kier molecular flexibility index (Phi) is 3.62. The van der Waals surface area contributed by atoms with Gasteiger partial charge in [0.1, 0.15) is 0 Å². The van der Waals surface area contributed by atoms with Gasteiger partial charge in [-0.3, -0.25) is 9.59 Å². The Balaban J connectivity index is 1.59. The van der Waals surface area contributed by atoms with Crippen molar-refractivity contribution < 1.29 is 24.2 Å². The standard InChI is InChI=1S/C20H20N2O5/c23-18-16-11-1-2-12(9-11)17(16)19(24)22(18)15-10-13(20(25)26)3-4-14(15)21-5-7-27-8-6-21/h1-4,10-12,16-17H,5-9H2,(H,25,26)/t11-,12-,16-,17-/m0/s1. The number of carbonyl (C=O) groups is 3. The molecule has 140 valence electrons. The van der Waals surface area contributed by atoms with Crippen molar-refractivity contribution in [3.63, 3.8) is 0 Å². The summed E-state index contributed by atoms with van der Waals surface area (Å²) in [6, 6.07) is 4.68. The minimum atomic E-state index is -1.08. The molecule has 2 amide bonds. The van der Waals surface area contributed by atoms with Crippen molar-refractivity contribution in [1.82, 2.24) is 0 Å². The highest BCUT2D eigenvalue weighted by molar-refractivity contribution is 6.24. The van der Waals surface area contributed by atoms with E-state index in [1.807, 2.05) is 4.90 Å². The second-order valence-electron chi connectivity index (χ2n) is 7.62. The Morgan fingerprint density at radius 1 is 1.00 bits per heavy atom. The molecule has 7 heteroatoms. The van der Waals surface area contributed by atoms with Crippen LogP contribution in [0.1, 0.15) is 16.8 Å². The lowest BCUT2D eigenvalue weighted by molar-refractivity contribution is -0.123. The molecule has 3 fully saturated rings. The van der Waals surface area contributed by atoms with E-state index < -0.39 is 5.97 Å². The van der Waals surface area contributed by atoms with Crippen molar-refractivity contribution in [2.45, 2.75) is 6.42 Å². The molecule has 2 aliphatic carbocycles. The summed E-state index contributed by atoms with van der Waals surface area (Å²) in [7, 11) is 0. The molecule has 2 bridgehead atoms. The molecule has 4 atom stereocenters. The quantitative estimate of drug-likeness (QED) is 0.643. The van der Waals surface area contributed by atoms with Crippen LogP contribution < -0.4 is 9.80 Å². The van der Waals surface area contributed by atoms with Gasteiger partial charge in [-0.25, -0.2) is 9.69 Å². The molecule has 2 heterocycles. The van der Waals surface area contributed by atoms with Crippen molar-refractivity contribution in [3.05, 3.63) is 35.9 Å². The van der Waals surface area contributed by atoms with Gasteiger partial charge in [0, 0.05) is 13.1 Å². The molecule has 2 saturated heterocycles. The maximum Gasteiger partial charge on any atom is 0.335 e. The molecule has 1 aromatic carbocycles. The van der Waals surface area contributed by atoms with E-state index in [1.165, 1.54) is 17.0 Å². The van der Waals surface area contributed by atoms with E-state index >= 15 is 0 Å². The van der Waals surface area contributed by atoms with Crippen LogP contribution in [0.2, 0.25) is 0 Å². The number of anilines is 2. The summed E-state index contributed by atoms with van der Waals surface area (Å²) >= 11 is 0. The number of benzene rings is 1. The topological polar surface area (TPSA) is 87.2 Å². The minimum absolute atomic E-state index is 0.0702. The fourth-order valence-corrected chi connectivity index (χ4v) is 5.05. The van der Waals surface area contributed by atoms with Crippen molar-refractivity contribution >= 4 is 29.2 Å². The Labute approximate surface area is 156 Å².